The Balaban J connectivity index is 2.19. The van der Waals surface area contributed by atoms with Crippen LogP contribution in [0.5, 0.6) is 11.5 Å². The standard InChI is InChI=1S/C14H14ClNO/c1-2-11-3-5-13(6-4-11)17-14-10-16-8-7-12(14)9-15/h3-8,10H,2,9H2,1H3. The summed E-state index contributed by atoms with van der Waals surface area (Å²) in [4.78, 5) is 4.04. The van der Waals surface area contributed by atoms with E-state index in [2.05, 4.69) is 24.0 Å². The Morgan fingerprint density at radius 2 is 1.94 bits per heavy atom. The zero-order chi connectivity index (χ0) is 12.1. The second-order valence-corrected chi connectivity index (χ2v) is 3.98. The van der Waals surface area contributed by atoms with Crippen molar-refractivity contribution < 1.29 is 4.74 Å². The van der Waals surface area contributed by atoms with Crippen LogP contribution >= 0.6 is 11.6 Å². The minimum atomic E-state index is 0.422. The first-order chi connectivity index (χ1) is 8.33. The quantitative estimate of drug-likeness (QED) is 0.757. The minimum Gasteiger partial charge on any atom is -0.455 e. The molecule has 0 bridgehead atoms. The molecule has 17 heavy (non-hydrogen) atoms. The summed E-state index contributed by atoms with van der Waals surface area (Å²) in [7, 11) is 0. The molecule has 0 aliphatic rings. The maximum Gasteiger partial charge on any atom is 0.150 e. The molecule has 1 aromatic carbocycles. The number of rotatable bonds is 4. The van der Waals surface area contributed by atoms with Crippen LogP contribution in [0, 0.1) is 0 Å². The molecule has 0 N–H and O–H groups in total. The first-order valence-corrected chi connectivity index (χ1v) is 6.12. The molecule has 0 unspecified atom stereocenters. The molecule has 0 amide bonds. The Morgan fingerprint density at radius 1 is 1.18 bits per heavy atom. The third-order valence-electron chi connectivity index (χ3n) is 2.57. The van der Waals surface area contributed by atoms with Gasteiger partial charge in [-0.15, -0.1) is 11.6 Å². The van der Waals surface area contributed by atoms with Crippen molar-refractivity contribution in [3.05, 3.63) is 53.9 Å². The lowest BCUT2D eigenvalue weighted by atomic mass is 10.2. The number of aryl methyl sites for hydroxylation is 1. The Morgan fingerprint density at radius 3 is 2.59 bits per heavy atom. The number of alkyl halides is 1. The van der Waals surface area contributed by atoms with Crippen LogP contribution in [0.2, 0.25) is 0 Å². The van der Waals surface area contributed by atoms with Crippen LogP contribution in [-0.2, 0) is 12.3 Å². The Hall–Kier alpha value is -1.54. The fourth-order valence-corrected chi connectivity index (χ4v) is 1.75. The number of hydrogen-bond donors (Lipinski definition) is 0. The molecule has 3 heteroatoms. The highest BCUT2D eigenvalue weighted by molar-refractivity contribution is 6.17. The van der Waals surface area contributed by atoms with E-state index in [-0.39, 0.29) is 0 Å². The van der Waals surface area contributed by atoms with E-state index < -0.39 is 0 Å². The van der Waals surface area contributed by atoms with Gasteiger partial charge in [-0.3, -0.25) is 4.98 Å². The van der Waals surface area contributed by atoms with Crippen LogP contribution in [0.25, 0.3) is 0 Å². The first-order valence-electron chi connectivity index (χ1n) is 5.59. The number of aromatic nitrogens is 1. The van der Waals surface area contributed by atoms with E-state index in [0.29, 0.717) is 11.6 Å². The van der Waals surface area contributed by atoms with E-state index >= 15 is 0 Å². The van der Waals surface area contributed by atoms with Gasteiger partial charge in [0.15, 0.2) is 0 Å². The Labute approximate surface area is 106 Å². The monoisotopic (exact) mass is 247 g/mol. The Bertz CT molecular complexity index is 482. The fraction of sp³-hybridized carbons (Fsp3) is 0.214. The van der Waals surface area contributed by atoms with Crippen molar-refractivity contribution in [2.75, 3.05) is 0 Å². The molecule has 2 nitrogen and oxygen atoms in total. The Kier molecular flexibility index (Phi) is 3.99. The summed E-state index contributed by atoms with van der Waals surface area (Å²) in [6.45, 7) is 2.13. The van der Waals surface area contributed by atoms with Crippen LogP contribution in [0.4, 0.5) is 0 Å². The molecule has 0 aliphatic heterocycles. The number of hydrogen-bond acceptors (Lipinski definition) is 2. The lowest BCUT2D eigenvalue weighted by molar-refractivity contribution is 0.475. The van der Waals surface area contributed by atoms with Gasteiger partial charge >= 0.3 is 0 Å². The van der Waals surface area contributed by atoms with E-state index in [1.807, 2.05) is 18.2 Å². The average Bonchev–Trinajstić information content (AvgIpc) is 2.40. The molecule has 0 spiro atoms. The van der Waals surface area contributed by atoms with Crippen LogP contribution in [-0.4, -0.2) is 4.98 Å². The summed E-state index contributed by atoms with van der Waals surface area (Å²) in [6.07, 6.45) is 4.43. The highest BCUT2D eigenvalue weighted by atomic mass is 35.5. The molecular formula is C14H14ClNO. The molecule has 2 rings (SSSR count). The SMILES string of the molecule is CCc1ccc(Oc2cnccc2CCl)cc1. The molecule has 2 aromatic rings. The van der Waals surface area contributed by atoms with Gasteiger partial charge in [0.05, 0.1) is 12.1 Å². The molecule has 1 aromatic heterocycles. The van der Waals surface area contributed by atoms with Crippen LogP contribution < -0.4 is 4.74 Å². The van der Waals surface area contributed by atoms with E-state index in [4.69, 9.17) is 16.3 Å². The summed E-state index contributed by atoms with van der Waals surface area (Å²) in [5.74, 6) is 1.94. The second-order valence-electron chi connectivity index (χ2n) is 3.72. The topological polar surface area (TPSA) is 22.1 Å². The summed E-state index contributed by atoms with van der Waals surface area (Å²) in [5, 5.41) is 0. The predicted molar refractivity (Wildman–Crippen MR) is 69.7 cm³/mol. The van der Waals surface area contributed by atoms with Gasteiger partial charge in [0.2, 0.25) is 0 Å². The summed E-state index contributed by atoms with van der Waals surface area (Å²) in [5.41, 5.74) is 2.24. The maximum absolute atomic E-state index is 5.84. The predicted octanol–water partition coefficient (Wildman–Crippen LogP) is 4.18. The molecule has 1 heterocycles. The average molecular weight is 248 g/mol. The van der Waals surface area contributed by atoms with Gasteiger partial charge in [-0.1, -0.05) is 19.1 Å². The molecule has 0 fully saturated rings. The summed E-state index contributed by atoms with van der Waals surface area (Å²) >= 11 is 5.84. The molecule has 88 valence electrons. The van der Waals surface area contributed by atoms with Crippen molar-refractivity contribution in [3.63, 3.8) is 0 Å². The van der Waals surface area contributed by atoms with Crippen molar-refractivity contribution in [1.82, 2.24) is 4.98 Å². The van der Waals surface area contributed by atoms with Gasteiger partial charge in [-0.05, 0) is 30.2 Å². The number of benzene rings is 1. The van der Waals surface area contributed by atoms with Crippen molar-refractivity contribution in [2.24, 2.45) is 0 Å². The largest absolute Gasteiger partial charge is 0.455 e. The van der Waals surface area contributed by atoms with Gasteiger partial charge in [0.1, 0.15) is 11.5 Å². The lowest BCUT2D eigenvalue weighted by Crippen LogP contribution is -1.90. The van der Waals surface area contributed by atoms with Crippen molar-refractivity contribution in [3.8, 4) is 11.5 Å². The van der Waals surface area contributed by atoms with Crippen LogP contribution in [0.15, 0.2) is 42.7 Å². The summed E-state index contributed by atoms with van der Waals surface area (Å²) in [6, 6.07) is 9.91. The third kappa shape index (κ3) is 2.98. The number of ether oxygens (including phenoxy) is 1. The first kappa shape index (κ1) is 11.9. The normalized spacial score (nSPS) is 10.2. The molecule has 0 saturated carbocycles. The maximum atomic E-state index is 5.84. The molecule has 0 radical (unpaired) electrons. The van der Waals surface area contributed by atoms with Gasteiger partial charge < -0.3 is 4.74 Å². The number of halogens is 1. The molecular weight excluding hydrogens is 234 g/mol. The highest BCUT2D eigenvalue weighted by Gasteiger charge is 2.03. The second kappa shape index (κ2) is 5.69. The fourth-order valence-electron chi connectivity index (χ4n) is 1.53. The minimum absolute atomic E-state index is 0.422. The van der Waals surface area contributed by atoms with Gasteiger partial charge in [-0.25, -0.2) is 0 Å². The van der Waals surface area contributed by atoms with Gasteiger partial charge in [-0.2, -0.15) is 0 Å². The van der Waals surface area contributed by atoms with E-state index in [0.717, 1.165) is 17.7 Å². The van der Waals surface area contributed by atoms with E-state index in [9.17, 15) is 0 Å². The molecule has 0 saturated heterocycles. The van der Waals surface area contributed by atoms with Gasteiger partial charge in [0, 0.05) is 11.8 Å². The highest BCUT2D eigenvalue weighted by Crippen LogP contribution is 2.25. The zero-order valence-electron chi connectivity index (χ0n) is 9.69. The molecule has 0 atom stereocenters. The van der Waals surface area contributed by atoms with Crippen molar-refractivity contribution >= 4 is 11.6 Å². The van der Waals surface area contributed by atoms with Crippen molar-refractivity contribution in [2.45, 2.75) is 19.2 Å². The third-order valence-corrected chi connectivity index (χ3v) is 2.86. The van der Waals surface area contributed by atoms with Crippen LogP contribution in [0.1, 0.15) is 18.1 Å². The zero-order valence-corrected chi connectivity index (χ0v) is 10.4. The number of pyridine rings is 1. The number of nitrogens with zero attached hydrogens (tertiary/aromatic N) is 1. The van der Waals surface area contributed by atoms with Crippen molar-refractivity contribution in [1.29, 1.82) is 0 Å². The van der Waals surface area contributed by atoms with E-state index in [1.54, 1.807) is 12.4 Å². The smallest absolute Gasteiger partial charge is 0.150 e. The molecule has 0 aliphatic carbocycles. The lowest BCUT2D eigenvalue weighted by Gasteiger charge is -2.09. The van der Waals surface area contributed by atoms with E-state index in [1.165, 1.54) is 5.56 Å². The van der Waals surface area contributed by atoms with Crippen LogP contribution in [0.3, 0.4) is 0 Å². The summed E-state index contributed by atoms with van der Waals surface area (Å²) < 4.78 is 5.75. The van der Waals surface area contributed by atoms with Gasteiger partial charge in [0.25, 0.3) is 0 Å².